The lowest BCUT2D eigenvalue weighted by Gasteiger charge is -2.26. The minimum atomic E-state index is -0.806. The molecule has 11 heteroatoms. The van der Waals surface area contributed by atoms with Crippen LogP contribution in [0.5, 0.6) is 17.2 Å². The molecule has 0 spiro atoms. The number of benzene rings is 4. The highest BCUT2D eigenvalue weighted by Crippen LogP contribution is 2.36. The molecule has 1 aliphatic heterocycles. The van der Waals surface area contributed by atoms with E-state index in [1.165, 1.54) is 11.3 Å². The number of carbonyl (C=O) groups excluding carboxylic acids is 2. The lowest BCUT2D eigenvalue weighted by Crippen LogP contribution is -2.40. The minimum Gasteiger partial charge on any atom is -0.494 e. The fraction of sp³-hybridized carbons (Fsp3) is 0.220. The van der Waals surface area contributed by atoms with E-state index in [0.29, 0.717) is 62.2 Å². The molecule has 0 saturated heterocycles. The van der Waals surface area contributed by atoms with Crippen LogP contribution in [0.4, 0.5) is 0 Å². The van der Waals surface area contributed by atoms with Crippen LogP contribution < -0.4 is 29.1 Å². The summed E-state index contributed by atoms with van der Waals surface area (Å²) in [7, 11) is 1.55. The van der Waals surface area contributed by atoms with E-state index in [2.05, 4.69) is 0 Å². The molecule has 1 aliphatic rings. The third-order valence-corrected chi connectivity index (χ3v) is 9.21. The fourth-order valence-electron chi connectivity index (χ4n) is 5.83. The van der Waals surface area contributed by atoms with Gasteiger partial charge >= 0.3 is 11.9 Å². The topological polar surface area (TPSA) is 115 Å². The molecule has 1 aromatic heterocycles. The Labute approximate surface area is 304 Å². The van der Waals surface area contributed by atoms with Crippen molar-refractivity contribution in [3.05, 3.63) is 150 Å². The number of thiazole rings is 1. The number of aromatic nitrogens is 1. The molecule has 52 heavy (non-hydrogen) atoms. The molecule has 1 atom stereocenters. The maximum atomic E-state index is 14.3. The summed E-state index contributed by atoms with van der Waals surface area (Å²) in [5, 5.41) is 0. The maximum absolute atomic E-state index is 14.3. The Hall–Kier alpha value is -5.94. The van der Waals surface area contributed by atoms with Gasteiger partial charge in [0, 0.05) is 5.56 Å². The third kappa shape index (κ3) is 7.69. The standard InChI is InChI=1S/C41H38N2O8S/c1-5-48-31-20-18-29(19-21-31)37-35(40(46)50-7-3)36(28-11-9-8-10-12-28)42-41-43(37)38(44)34(52-41)24-27-15-22-32(33(23-27)47-4)51-25-26-13-16-30(17-14-26)39(45)49-6-2/h8-24,37H,5-7,25H2,1-4H3/b34-24-/t37-/m1/s1. The van der Waals surface area contributed by atoms with E-state index in [4.69, 9.17) is 28.7 Å². The van der Waals surface area contributed by atoms with Crippen LogP contribution in [0.1, 0.15) is 59.4 Å². The zero-order chi connectivity index (χ0) is 36.6. The molecule has 0 amide bonds. The molecular formula is C41H38N2O8S. The fourth-order valence-corrected chi connectivity index (χ4v) is 6.83. The van der Waals surface area contributed by atoms with Crippen LogP contribution in [-0.2, 0) is 20.9 Å². The molecule has 0 saturated carbocycles. The van der Waals surface area contributed by atoms with Gasteiger partial charge in [-0.3, -0.25) is 9.36 Å². The quantitative estimate of drug-likeness (QED) is 0.134. The van der Waals surface area contributed by atoms with E-state index in [0.717, 1.165) is 11.1 Å². The molecule has 0 aliphatic carbocycles. The van der Waals surface area contributed by atoms with Crippen molar-refractivity contribution in [1.82, 2.24) is 4.57 Å². The van der Waals surface area contributed by atoms with Crippen LogP contribution >= 0.6 is 11.3 Å². The van der Waals surface area contributed by atoms with E-state index in [-0.39, 0.29) is 30.3 Å². The number of carbonyl (C=O) groups is 2. The number of ether oxygens (including phenoxy) is 5. The zero-order valence-corrected chi connectivity index (χ0v) is 30.1. The van der Waals surface area contributed by atoms with Gasteiger partial charge in [0.15, 0.2) is 16.3 Å². The van der Waals surface area contributed by atoms with Gasteiger partial charge in [-0.05, 0) is 79.9 Å². The van der Waals surface area contributed by atoms with Gasteiger partial charge in [-0.2, -0.15) is 0 Å². The van der Waals surface area contributed by atoms with Crippen molar-refractivity contribution in [2.75, 3.05) is 26.9 Å². The number of rotatable bonds is 13. The van der Waals surface area contributed by atoms with Gasteiger partial charge in [-0.1, -0.05) is 72.0 Å². The number of fused-ring (bicyclic) bond motifs is 1. The van der Waals surface area contributed by atoms with Crippen molar-refractivity contribution in [2.45, 2.75) is 33.4 Å². The molecule has 266 valence electrons. The Morgan fingerprint density at radius 1 is 0.808 bits per heavy atom. The van der Waals surface area contributed by atoms with Crippen molar-refractivity contribution >= 4 is 35.0 Å². The Balaban J connectivity index is 1.39. The van der Waals surface area contributed by atoms with Crippen LogP contribution in [0.15, 0.2) is 112 Å². The van der Waals surface area contributed by atoms with Crippen molar-refractivity contribution < 1.29 is 33.3 Å². The molecule has 5 aromatic rings. The number of methoxy groups -OCH3 is 1. The van der Waals surface area contributed by atoms with Gasteiger partial charge in [0.25, 0.3) is 5.56 Å². The second-order valence-corrected chi connectivity index (χ2v) is 12.6. The zero-order valence-electron chi connectivity index (χ0n) is 29.3. The first-order chi connectivity index (χ1) is 25.3. The summed E-state index contributed by atoms with van der Waals surface area (Å²) in [6.45, 7) is 6.64. The average molecular weight is 719 g/mol. The van der Waals surface area contributed by atoms with Gasteiger partial charge in [0.1, 0.15) is 12.4 Å². The van der Waals surface area contributed by atoms with Gasteiger partial charge in [-0.25, -0.2) is 14.6 Å². The SMILES string of the molecule is CCOC(=O)C1=C(c2ccccc2)N=c2s/c(=C\c3ccc(OCc4ccc(C(=O)OCC)cc4)c(OC)c3)c(=O)n2[C@@H]1c1ccc(OCC)cc1. The molecule has 0 unspecified atom stereocenters. The van der Waals surface area contributed by atoms with Gasteiger partial charge < -0.3 is 23.7 Å². The first kappa shape index (κ1) is 35.9. The lowest BCUT2D eigenvalue weighted by atomic mass is 9.93. The van der Waals surface area contributed by atoms with Gasteiger partial charge in [0.2, 0.25) is 0 Å². The minimum absolute atomic E-state index is 0.161. The van der Waals surface area contributed by atoms with Crippen molar-refractivity contribution in [3.63, 3.8) is 0 Å². The Morgan fingerprint density at radius 3 is 2.19 bits per heavy atom. The van der Waals surface area contributed by atoms with Gasteiger partial charge in [-0.15, -0.1) is 0 Å². The predicted molar refractivity (Wildman–Crippen MR) is 198 cm³/mol. The van der Waals surface area contributed by atoms with E-state index in [1.807, 2.05) is 79.7 Å². The number of hydrogen-bond acceptors (Lipinski definition) is 10. The van der Waals surface area contributed by atoms with E-state index in [9.17, 15) is 14.4 Å². The van der Waals surface area contributed by atoms with Crippen LogP contribution in [-0.4, -0.2) is 43.4 Å². The van der Waals surface area contributed by atoms with Crippen LogP contribution in [0, 0.1) is 0 Å². The third-order valence-electron chi connectivity index (χ3n) is 8.23. The van der Waals surface area contributed by atoms with Crippen molar-refractivity contribution in [2.24, 2.45) is 4.99 Å². The van der Waals surface area contributed by atoms with Crippen molar-refractivity contribution in [3.8, 4) is 17.2 Å². The van der Waals surface area contributed by atoms with Crippen molar-refractivity contribution in [1.29, 1.82) is 0 Å². The summed E-state index contributed by atoms with van der Waals surface area (Å²) >= 11 is 1.24. The second-order valence-electron chi connectivity index (χ2n) is 11.5. The van der Waals surface area contributed by atoms with E-state index < -0.39 is 12.0 Å². The Morgan fingerprint density at radius 2 is 1.52 bits per heavy atom. The number of hydrogen-bond donors (Lipinski definition) is 0. The van der Waals surface area contributed by atoms with Crippen LogP contribution in [0.25, 0.3) is 11.8 Å². The highest BCUT2D eigenvalue weighted by Gasteiger charge is 2.35. The normalized spacial score (nSPS) is 13.9. The average Bonchev–Trinajstić information content (AvgIpc) is 3.48. The summed E-state index contributed by atoms with van der Waals surface area (Å²) in [4.78, 5) is 45.4. The van der Waals surface area contributed by atoms with Crippen LogP contribution in [0.2, 0.25) is 0 Å². The number of nitrogens with zero attached hydrogens (tertiary/aromatic N) is 2. The first-order valence-electron chi connectivity index (χ1n) is 16.9. The second kappa shape index (κ2) is 16.4. The Kier molecular flexibility index (Phi) is 11.3. The number of esters is 2. The molecule has 0 bridgehead atoms. The summed E-state index contributed by atoms with van der Waals surface area (Å²) in [6.07, 6.45) is 1.77. The molecule has 0 N–H and O–H groups in total. The smallest absolute Gasteiger partial charge is 0.338 e. The Bertz CT molecular complexity index is 2270. The summed E-state index contributed by atoms with van der Waals surface area (Å²) in [6, 6.07) is 28.4. The molecule has 10 nitrogen and oxygen atoms in total. The molecule has 6 rings (SSSR count). The summed E-state index contributed by atoms with van der Waals surface area (Å²) in [5.74, 6) is 0.748. The van der Waals surface area contributed by atoms with Crippen LogP contribution in [0.3, 0.4) is 0 Å². The predicted octanol–water partition coefficient (Wildman–Crippen LogP) is 6.10. The maximum Gasteiger partial charge on any atom is 0.338 e. The molecule has 0 radical (unpaired) electrons. The molecule has 0 fully saturated rings. The largest absolute Gasteiger partial charge is 0.494 e. The first-order valence-corrected chi connectivity index (χ1v) is 17.7. The van der Waals surface area contributed by atoms with E-state index >= 15 is 0 Å². The molecule has 4 aromatic carbocycles. The summed E-state index contributed by atoms with van der Waals surface area (Å²) < 4.78 is 30.0. The molecule has 2 heterocycles. The lowest BCUT2D eigenvalue weighted by molar-refractivity contribution is -0.138. The highest BCUT2D eigenvalue weighted by molar-refractivity contribution is 7.07. The monoisotopic (exact) mass is 718 g/mol. The van der Waals surface area contributed by atoms with Gasteiger partial charge in [0.05, 0.1) is 54.3 Å². The van der Waals surface area contributed by atoms with E-state index in [1.54, 1.807) is 55.9 Å². The molecular weight excluding hydrogens is 681 g/mol. The summed E-state index contributed by atoms with van der Waals surface area (Å²) in [5.41, 5.74) is 3.90. The highest BCUT2D eigenvalue weighted by atomic mass is 32.1.